The lowest BCUT2D eigenvalue weighted by atomic mass is 10.1. The molecular weight excluding hydrogens is 471 g/mol. The highest BCUT2D eigenvalue weighted by Gasteiger charge is 2.14. The number of hydrogen-bond acceptors (Lipinski definition) is 4. The summed E-state index contributed by atoms with van der Waals surface area (Å²) in [4.78, 5) is 23.7. The zero-order valence-corrected chi connectivity index (χ0v) is 21.5. The van der Waals surface area contributed by atoms with E-state index in [9.17, 15) is 9.59 Å². The van der Waals surface area contributed by atoms with Gasteiger partial charge in [0.05, 0.1) is 16.7 Å². The second-order valence-electron chi connectivity index (χ2n) is 8.11. The maximum Gasteiger partial charge on any atom is 0.311 e. The molecular formula is C25H37Cl3O4. The molecule has 0 aromatic heterocycles. The molecule has 0 aliphatic carbocycles. The monoisotopic (exact) mass is 506 g/mol. The van der Waals surface area contributed by atoms with E-state index in [1.54, 1.807) is 12.1 Å². The molecule has 1 rings (SSSR count). The van der Waals surface area contributed by atoms with Crippen LogP contribution in [0.25, 0.3) is 0 Å². The predicted molar refractivity (Wildman–Crippen MR) is 133 cm³/mol. The fourth-order valence-electron chi connectivity index (χ4n) is 3.33. The first-order valence-corrected chi connectivity index (χ1v) is 13.1. The molecule has 0 unspecified atom stereocenters. The normalized spacial score (nSPS) is 10.9. The Kier molecular flexibility index (Phi) is 16.8. The molecule has 32 heavy (non-hydrogen) atoms. The molecule has 0 radical (unpaired) electrons. The van der Waals surface area contributed by atoms with Gasteiger partial charge in [0, 0.05) is 12.8 Å². The fraction of sp³-hybridized carbons (Fsp3) is 0.680. The molecule has 182 valence electrons. The van der Waals surface area contributed by atoms with E-state index in [0.717, 1.165) is 51.4 Å². The lowest BCUT2D eigenvalue weighted by Gasteiger charge is -2.09. The van der Waals surface area contributed by atoms with Gasteiger partial charge in [-0.2, -0.15) is 0 Å². The second kappa shape index (κ2) is 18.5. The van der Waals surface area contributed by atoms with Gasteiger partial charge in [-0.1, -0.05) is 106 Å². The van der Waals surface area contributed by atoms with Crippen LogP contribution in [0.5, 0.6) is 5.75 Å². The first kappa shape index (κ1) is 29.1. The summed E-state index contributed by atoms with van der Waals surface area (Å²) >= 11 is 18.0. The van der Waals surface area contributed by atoms with Crippen molar-refractivity contribution in [1.82, 2.24) is 0 Å². The second-order valence-corrected chi connectivity index (χ2v) is 9.30. The van der Waals surface area contributed by atoms with E-state index in [1.807, 2.05) is 0 Å². The number of halogens is 3. The first-order chi connectivity index (χ1) is 15.5. The smallest absolute Gasteiger partial charge is 0.311 e. The molecule has 0 saturated heterocycles. The minimum atomic E-state index is -0.375. The molecule has 0 amide bonds. The number of carbonyl (C=O) groups is 2. The van der Waals surface area contributed by atoms with Crippen LogP contribution in [0.4, 0.5) is 0 Å². The first-order valence-electron chi connectivity index (χ1n) is 12.0. The van der Waals surface area contributed by atoms with Gasteiger partial charge in [0.2, 0.25) is 0 Å². The van der Waals surface area contributed by atoms with Crippen molar-refractivity contribution >= 4 is 46.7 Å². The molecule has 7 heteroatoms. The number of hydrogen-bond donors (Lipinski definition) is 0. The molecule has 0 aliphatic heterocycles. The van der Waals surface area contributed by atoms with Crippen molar-refractivity contribution in [2.75, 3.05) is 6.61 Å². The standard InChI is InChI=1S/C25H37Cl3O4/c1-2-3-4-5-8-11-14-19-31-22(29)15-12-9-6-7-10-13-16-23(30)32-25-21(27)18-17-20(26)24(25)28/h17-18H,2-16,19H2,1H3. The summed E-state index contributed by atoms with van der Waals surface area (Å²) in [6, 6.07) is 3.10. The van der Waals surface area contributed by atoms with Gasteiger partial charge in [0.1, 0.15) is 5.02 Å². The summed E-state index contributed by atoms with van der Waals surface area (Å²) in [5, 5.41) is 0.697. The number of ether oxygens (including phenoxy) is 2. The van der Waals surface area contributed by atoms with Crippen LogP contribution in [-0.2, 0) is 14.3 Å². The minimum absolute atomic E-state index is 0.0861. The molecule has 0 spiro atoms. The number of benzene rings is 1. The van der Waals surface area contributed by atoms with E-state index in [-0.39, 0.29) is 27.7 Å². The Bertz CT molecular complexity index is 679. The highest BCUT2D eigenvalue weighted by Crippen LogP contribution is 2.38. The van der Waals surface area contributed by atoms with Crippen molar-refractivity contribution in [2.24, 2.45) is 0 Å². The van der Waals surface area contributed by atoms with E-state index < -0.39 is 0 Å². The number of unbranched alkanes of at least 4 members (excludes halogenated alkanes) is 11. The number of rotatable bonds is 18. The molecule has 0 saturated carbocycles. The van der Waals surface area contributed by atoms with Crippen molar-refractivity contribution in [3.63, 3.8) is 0 Å². The Labute approximate surface area is 208 Å². The summed E-state index contributed by atoms with van der Waals surface area (Å²) < 4.78 is 10.6. The summed E-state index contributed by atoms with van der Waals surface area (Å²) in [5.74, 6) is -0.346. The van der Waals surface area contributed by atoms with Gasteiger partial charge >= 0.3 is 11.9 Å². The third-order valence-corrected chi connectivity index (χ3v) is 6.33. The van der Waals surface area contributed by atoms with Crippen LogP contribution in [0.15, 0.2) is 12.1 Å². The summed E-state index contributed by atoms with van der Waals surface area (Å²) in [6.45, 7) is 2.77. The average molecular weight is 508 g/mol. The zero-order chi connectivity index (χ0) is 23.6. The molecule has 0 N–H and O–H groups in total. The van der Waals surface area contributed by atoms with Crippen LogP contribution >= 0.6 is 34.8 Å². The van der Waals surface area contributed by atoms with Crippen LogP contribution in [0.3, 0.4) is 0 Å². The van der Waals surface area contributed by atoms with Crippen LogP contribution in [0.2, 0.25) is 15.1 Å². The van der Waals surface area contributed by atoms with E-state index in [4.69, 9.17) is 44.3 Å². The van der Waals surface area contributed by atoms with Crippen molar-refractivity contribution in [1.29, 1.82) is 0 Å². The Morgan fingerprint density at radius 2 is 1.19 bits per heavy atom. The van der Waals surface area contributed by atoms with Crippen molar-refractivity contribution in [3.8, 4) is 5.75 Å². The zero-order valence-electron chi connectivity index (χ0n) is 19.2. The van der Waals surface area contributed by atoms with Crippen molar-refractivity contribution < 1.29 is 19.1 Å². The van der Waals surface area contributed by atoms with Gasteiger partial charge in [0.15, 0.2) is 5.75 Å². The highest BCUT2D eigenvalue weighted by molar-refractivity contribution is 6.44. The predicted octanol–water partition coefficient (Wildman–Crippen LogP) is 8.97. The minimum Gasteiger partial charge on any atom is -0.466 e. The van der Waals surface area contributed by atoms with E-state index in [0.29, 0.717) is 24.5 Å². The van der Waals surface area contributed by atoms with E-state index >= 15 is 0 Å². The Hall–Kier alpha value is -0.970. The third kappa shape index (κ3) is 13.5. The largest absolute Gasteiger partial charge is 0.466 e. The average Bonchev–Trinajstić information content (AvgIpc) is 2.77. The quantitative estimate of drug-likeness (QED) is 0.0860. The molecule has 0 atom stereocenters. The van der Waals surface area contributed by atoms with E-state index in [1.165, 1.54) is 32.1 Å². The van der Waals surface area contributed by atoms with E-state index in [2.05, 4.69) is 6.92 Å². The molecule has 0 aliphatic rings. The molecule has 0 heterocycles. The Balaban J connectivity index is 1.96. The van der Waals surface area contributed by atoms with Crippen molar-refractivity contribution in [2.45, 2.75) is 103 Å². The molecule has 0 fully saturated rings. The lowest BCUT2D eigenvalue weighted by Crippen LogP contribution is -2.08. The molecule has 1 aromatic carbocycles. The summed E-state index contributed by atoms with van der Waals surface area (Å²) in [6.07, 6.45) is 14.9. The maximum absolute atomic E-state index is 12.0. The van der Waals surface area contributed by atoms with Gasteiger partial charge in [-0.15, -0.1) is 0 Å². The van der Waals surface area contributed by atoms with Crippen LogP contribution < -0.4 is 4.74 Å². The lowest BCUT2D eigenvalue weighted by molar-refractivity contribution is -0.144. The van der Waals surface area contributed by atoms with Gasteiger partial charge in [0.25, 0.3) is 0 Å². The van der Waals surface area contributed by atoms with Crippen LogP contribution in [0, 0.1) is 0 Å². The number of carbonyl (C=O) groups excluding carboxylic acids is 2. The van der Waals surface area contributed by atoms with Crippen LogP contribution in [-0.4, -0.2) is 18.5 Å². The van der Waals surface area contributed by atoms with Gasteiger partial charge in [-0.25, -0.2) is 0 Å². The third-order valence-electron chi connectivity index (χ3n) is 5.24. The Morgan fingerprint density at radius 1 is 0.688 bits per heavy atom. The fourth-order valence-corrected chi connectivity index (χ4v) is 3.93. The summed E-state index contributed by atoms with van der Waals surface area (Å²) in [7, 11) is 0. The van der Waals surface area contributed by atoms with Gasteiger partial charge in [-0.05, 0) is 31.4 Å². The van der Waals surface area contributed by atoms with Gasteiger partial charge in [-0.3, -0.25) is 9.59 Å². The van der Waals surface area contributed by atoms with Crippen LogP contribution in [0.1, 0.15) is 103 Å². The highest BCUT2D eigenvalue weighted by atomic mass is 35.5. The molecule has 0 bridgehead atoms. The van der Waals surface area contributed by atoms with Gasteiger partial charge < -0.3 is 9.47 Å². The topological polar surface area (TPSA) is 52.6 Å². The maximum atomic E-state index is 12.0. The molecule has 4 nitrogen and oxygen atoms in total. The van der Waals surface area contributed by atoms with Crippen molar-refractivity contribution in [3.05, 3.63) is 27.2 Å². The summed E-state index contributed by atoms with van der Waals surface area (Å²) in [5.41, 5.74) is 0. The molecule has 1 aromatic rings. The number of esters is 2. The SMILES string of the molecule is CCCCCCCCCOC(=O)CCCCCCCCC(=O)Oc1c(Cl)ccc(Cl)c1Cl. The Morgan fingerprint density at radius 3 is 1.81 bits per heavy atom.